The zero-order chi connectivity index (χ0) is 21.0. The average Bonchev–Trinajstić information content (AvgIpc) is 3.15. The molecule has 0 radical (unpaired) electrons. The molecule has 0 unspecified atom stereocenters. The predicted octanol–water partition coefficient (Wildman–Crippen LogP) is 3.77. The van der Waals surface area contributed by atoms with Gasteiger partial charge in [0.1, 0.15) is 11.5 Å². The largest absolute Gasteiger partial charge is 0.338 e. The zero-order valence-electron chi connectivity index (χ0n) is 17.8. The summed E-state index contributed by atoms with van der Waals surface area (Å²) in [5.41, 5.74) is 2.36. The van der Waals surface area contributed by atoms with Crippen LogP contribution in [-0.2, 0) is 11.3 Å². The molecule has 1 atom stereocenters. The van der Waals surface area contributed by atoms with Gasteiger partial charge in [0.15, 0.2) is 0 Å². The molecule has 2 aromatic rings. The highest BCUT2D eigenvalue weighted by molar-refractivity contribution is 5.77. The Bertz CT molecular complexity index is 813. The van der Waals surface area contributed by atoms with E-state index >= 15 is 0 Å². The Labute approximate surface area is 172 Å². The van der Waals surface area contributed by atoms with Crippen LogP contribution in [0.3, 0.4) is 0 Å². The molecule has 2 heterocycles. The van der Waals surface area contributed by atoms with E-state index in [4.69, 9.17) is 4.52 Å². The van der Waals surface area contributed by atoms with Crippen molar-refractivity contribution < 1.29 is 13.7 Å². The molecule has 29 heavy (non-hydrogen) atoms. The van der Waals surface area contributed by atoms with Gasteiger partial charge in [0.05, 0.1) is 12.1 Å². The van der Waals surface area contributed by atoms with E-state index in [1.807, 2.05) is 11.8 Å². The molecular formula is C22H31FN4O2. The Morgan fingerprint density at radius 3 is 2.45 bits per heavy atom. The lowest BCUT2D eigenvalue weighted by Crippen LogP contribution is -2.45. The van der Waals surface area contributed by atoms with E-state index in [1.54, 1.807) is 12.1 Å². The monoisotopic (exact) mass is 402 g/mol. The number of halogens is 1. The number of anilines is 1. The van der Waals surface area contributed by atoms with E-state index < -0.39 is 0 Å². The van der Waals surface area contributed by atoms with Crippen molar-refractivity contribution in [2.24, 2.45) is 0 Å². The van der Waals surface area contributed by atoms with Crippen LogP contribution >= 0.6 is 0 Å². The number of rotatable bonds is 7. The minimum absolute atomic E-state index is 0.106. The van der Waals surface area contributed by atoms with Gasteiger partial charge in [0.2, 0.25) is 11.8 Å². The molecule has 1 aromatic carbocycles. The number of piperazine rings is 1. The van der Waals surface area contributed by atoms with Gasteiger partial charge in [-0.05, 0) is 44.7 Å². The second kappa shape index (κ2) is 9.39. The van der Waals surface area contributed by atoms with Crippen LogP contribution in [0.2, 0.25) is 0 Å². The van der Waals surface area contributed by atoms with Gasteiger partial charge in [-0.25, -0.2) is 4.39 Å². The fraction of sp³-hybridized carbons (Fsp3) is 0.545. The van der Waals surface area contributed by atoms with Crippen molar-refractivity contribution in [3.63, 3.8) is 0 Å². The fourth-order valence-electron chi connectivity index (χ4n) is 3.62. The van der Waals surface area contributed by atoms with Gasteiger partial charge in [-0.3, -0.25) is 4.79 Å². The molecule has 7 heteroatoms. The molecule has 0 aliphatic carbocycles. The number of likely N-dealkylation sites (N-methyl/N-ethyl adjacent to an activating group) is 1. The predicted molar refractivity (Wildman–Crippen MR) is 112 cm³/mol. The number of carbonyl (C=O) groups excluding carboxylic acids is 1. The standard InChI is InChI=1S/C22H31FN4O2/c1-5-16(3)27(20(28)6-2)15-19-21(17-7-9-18(23)10-8-17)24-29-22(19)26-13-11-25(4)12-14-26/h7-10,16H,5-6,11-15H2,1-4H3/t16-/m1/s1. The van der Waals surface area contributed by atoms with Gasteiger partial charge in [0.25, 0.3) is 0 Å². The summed E-state index contributed by atoms with van der Waals surface area (Å²) in [5, 5.41) is 4.34. The van der Waals surface area contributed by atoms with E-state index in [2.05, 4.69) is 35.9 Å². The molecule has 1 aliphatic rings. The molecule has 1 fully saturated rings. The van der Waals surface area contributed by atoms with Crippen LogP contribution in [0, 0.1) is 5.82 Å². The number of amides is 1. The van der Waals surface area contributed by atoms with Crippen molar-refractivity contribution in [1.82, 2.24) is 15.0 Å². The first-order chi connectivity index (χ1) is 13.9. The number of hydrogen-bond acceptors (Lipinski definition) is 5. The van der Waals surface area contributed by atoms with E-state index in [9.17, 15) is 9.18 Å². The third kappa shape index (κ3) is 4.78. The topological polar surface area (TPSA) is 52.8 Å². The van der Waals surface area contributed by atoms with Crippen LogP contribution in [0.25, 0.3) is 11.3 Å². The van der Waals surface area contributed by atoms with Crippen LogP contribution in [0.4, 0.5) is 10.3 Å². The molecule has 0 bridgehead atoms. The maximum Gasteiger partial charge on any atom is 0.232 e. The van der Waals surface area contributed by atoms with Gasteiger partial charge in [-0.2, -0.15) is 0 Å². The zero-order valence-corrected chi connectivity index (χ0v) is 17.8. The van der Waals surface area contributed by atoms with Gasteiger partial charge >= 0.3 is 0 Å². The highest BCUT2D eigenvalue weighted by Gasteiger charge is 2.28. The molecule has 6 nitrogen and oxygen atoms in total. The molecule has 3 rings (SSSR count). The number of benzene rings is 1. The molecule has 158 valence electrons. The van der Waals surface area contributed by atoms with E-state index in [0.717, 1.165) is 49.6 Å². The van der Waals surface area contributed by atoms with Crippen molar-refractivity contribution in [3.8, 4) is 11.3 Å². The molecular weight excluding hydrogens is 371 g/mol. The van der Waals surface area contributed by atoms with Gasteiger partial charge in [-0.1, -0.05) is 19.0 Å². The molecule has 1 amide bonds. The highest BCUT2D eigenvalue weighted by Crippen LogP contribution is 2.34. The summed E-state index contributed by atoms with van der Waals surface area (Å²) in [6, 6.07) is 6.37. The molecule has 1 aliphatic heterocycles. The third-order valence-corrected chi connectivity index (χ3v) is 5.75. The summed E-state index contributed by atoms with van der Waals surface area (Å²) in [7, 11) is 2.10. The van der Waals surface area contributed by atoms with Gasteiger partial charge in [0, 0.05) is 44.2 Å². The summed E-state index contributed by atoms with van der Waals surface area (Å²) in [5.74, 6) is 0.532. The van der Waals surface area contributed by atoms with Crippen LogP contribution in [-0.4, -0.2) is 60.1 Å². The Balaban J connectivity index is 2.01. The Morgan fingerprint density at radius 2 is 1.86 bits per heavy atom. The summed E-state index contributed by atoms with van der Waals surface area (Å²) in [6.07, 6.45) is 1.32. The number of nitrogens with zero attached hydrogens (tertiary/aromatic N) is 4. The third-order valence-electron chi connectivity index (χ3n) is 5.75. The average molecular weight is 403 g/mol. The minimum atomic E-state index is -0.291. The number of hydrogen-bond donors (Lipinski definition) is 0. The van der Waals surface area contributed by atoms with Crippen LogP contribution in [0.5, 0.6) is 0 Å². The quantitative estimate of drug-likeness (QED) is 0.706. The number of aromatic nitrogens is 1. The summed E-state index contributed by atoms with van der Waals surface area (Å²) >= 11 is 0. The van der Waals surface area contributed by atoms with E-state index in [0.29, 0.717) is 18.7 Å². The molecule has 1 aromatic heterocycles. The lowest BCUT2D eigenvalue weighted by Gasteiger charge is -2.33. The summed E-state index contributed by atoms with van der Waals surface area (Å²) in [4.78, 5) is 19.0. The second-order valence-corrected chi connectivity index (χ2v) is 7.74. The van der Waals surface area contributed by atoms with Crippen molar-refractivity contribution in [3.05, 3.63) is 35.6 Å². The van der Waals surface area contributed by atoms with Crippen molar-refractivity contribution in [1.29, 1.82) is 0 Å². The van der Waals surface area contributed by atoms with Gasteiger partial charge in [-0.15, -0.1) is 0 Å². The lowest BCUT2D eigenvalue weighted by atomic mass is 10.0. The Morgan fingerprint density at radius 1 is 1.21 bits per heavy atom. The van der Waals surface area contributed by atoms with Crippen molar-refractivity contribution >= 4 is 11.8 Å². The summed E-state index contributed by atoms with van der Waals surface area (Å²) < 4.78 is 19.2. The van der Waals surface area contributed by atoms with E-state index in [-0.39, 0.29) is 17.8 Å². The van der Waals surface area contributed by atoms with Crippen molar-refractivity contribution in [2.75, 3.05) is 38.1 Å². The van der Waals surface area contributed by atoms with Crippen LogP contribution in [0.15, 0.2) is 28.8 Å². The van der Waals surface area contributed by atoms with Crippen LogP contribution in [0.1, 0.15) is 39.2 Å². The molecule has 0 saturated carbocycles. The molecule has 0 spiro atoms. The molecule has 0 N–H and O–H groups in total. The first-order valence-electron chi connectivity index (χ1n) is 10.4. The fourth-order valence-corrected chi connectivity index (χ4v) is 3.62. The Kier molecular flexibility index (Phi) is 6.90. The SMILES string of the molecule is CCC(=O)N(Cc1c(-c2ccc(F)cc2)noc1N1CCN(C)CC1)[C@H](C)CC. The second-order valence-electron chi connectivity index (χ2n) is 7.74. The minimum Gasteiger partial charge on any atom is -0.338 e. The Hall–Kier alpha value is -2.41. The van der Waals surface area contributed by atoms with Crippen LogP contribution < -0.4 is 4.90 Å². The molecule has 1 saturated heterocycles. The van der Waals surface area contributed by atoms with Crippen molar-refractivity contribution in [2.45, 2.75) is 46.2 Å². The lowest BCUT2D eigenvalue weighted by molar-refractivity contribution is -0.133. The number of carbonyl (C=O) groups is 1. The normalized spacial score (nSPS) is 16.1. The van der Waals surface area contributed by atoms with E-state index in [1.165, 1.54) is 12.1 Å². The summed E-state index contributed by atoms with van der Waals surface area (Å²) in [6.45, 7) is 10.0. The highest BCUT2D eigenvalue weighted by atomic mass is 19.1. The van der Waals surface area contributed by atoms with Gasteiger partial charge < -0.3 is 19.2 Å². The first kappa shape index (κ1) is 21.3. The first-order valence-corrected chi connectivity index (χ1v) is 10.4. The maximum absolute atomic E-state index is 13.4. The maximum atomic E-state index is 13.4. The smallest absolute Gasteiger partial charge is 0.232 e.